The van der Waals surface area contributed by atoms with Crippen molar-refractivity contribution in [2.75, 3.05) is 0 Å². The van der Waals surface area contributed by atoms with E-state index in [1.165, 1.54) is 18.5 Å². The van der Waals surface area contributed by atoms with Crippen molar-refractivity contribution < 1.29 is 9.72 Å². The topological polar surface area (TPSA) is 98.0 Å². The molecule has 0 saturated heterocycles. The van der Waals surface area contributed by atoms with Crippen LogP contribution in [0.5, 0.6) is 0 Å². The van der Waals surface area contributed by atoms with Gasteiger partial charge in [-0.2, -0.15) is 0 Å². The Labute approximate surface area is 121 Å². The molecule has 2 rings (SSSR count). The zero-order valence-electron chi connectivity index (χ0n) is 11.4. The van der Waals surface area contributed by atoms with E-state index >= 15 is 0 Å². The lowest BCUT2D eigenvalue weighted by Gasteiger charge is -2.05. The van der Waals surface area contributed by atoms with E-state index in [0.29, 0.717) is 6.54 Å². The van der Waals surface area contributed by atoms with Crippen molar-refractivity contribution >= 4 is 11.6 Å². The van der Waals surface area contributed by atoms with Crippen LogP contribution in [0.1, 0.15) is 17.0 Å². The van der Waals surface area contributed by atoms with Crippen LogP contribution in [0.2, 0.25) is 0 Å². The lowest BCUT2D eigenvalue weighted by atomic mass is 10.1. The molecule has 0 radical (unpaired) electrons. The molecule has 108 valence electrons. The average molecular weight is 286 g/mol. The summed E-state index contributed by atoms with van der Waals surface area (Å²) in [4.78, 5) is 29.9. The van der Waals surface area contributed by atoms with Crippen molar-refractivity contribution in [3.63, 3.8) is 0 Å². The Bertz CT molecular complexity index is 656. The fourth-order valence-electron chi connectivity index (χ4n) is 1.78. The normalized spacial score (nSPS) is 10.1. The molecule has 21 heavy (non-hydrogen) atoms. The molecule has 1 aromatic heterocycles. The van der Waals surface area contributed by atoms with Crippen molar-refractivity contribution in [1.82, 2.24) is 15.3 Å². The van der Waals surface area contributed by atoms with Crippen LogP contribution in [0.4, 0.5) is 5.69 Å². The van der Waals surface area contributed by atoms with E-state index in [1.54, 1.807) is 18.2 Å². The molecule has 0 aliphatic rings. The third-order valence-corrected chi connectivity index (χ3v) is 2.84. The molecule has 1 heterocycles. The Kier molecular flexibility index (Phi) is 4.55. The first-order valence-electron chi connectivity index (χ1n) is 6.32. The third kappa shape index (κ3) is 4.34. The van der Waals surface area contributed by atoms with Gasteiger partial charge in [0.2, 0.25) is 5.91 Å². The van der Waals surface area contributed by atoms with Crippen LogP contribution in [-0.4, -0.2) is 20.8 Å². The molecule has 0 fully saturated rings. The molecule has 1 amide bonds. The first-order valence-corrected chi connectivity index (χ1v) is 6.32. The second kappa shape index (κ2) is 6.56. The molecular formula is C14H14N4O3. The summed E-state index contributed by atoms with van der Waals surface area (Å²) in [5.41, 5.74) is 2.30. The summed E-state index contributed by atoms with van der Waals surface area (Å²) >= 11 is 0. The zero-order chi connectivity index (χ0) is 15.2. The minimum atomic E-state index is -0.471. The minimum absolute atomic E-state index is 0.00983. The molecule has 0 unspecified atom stereocenters. The predicted molar refractivity (Wildman–Crippen MR) is 75.4 cm³/mol. The summed E-state index contributed by atoms with van der Waals surface area (Å²) in [7, 11) is 0. The van der Waals surface area contributed by atoms with Crippen molar-refractivity contribution in [3.05, 3.63) is 63.7 Å². The lowest BCUT2D eigenvalue weighted by molar-refractivity contribution is -0.384. The molecule has 0 aliphatic heterocycles. The molecular weight excluding hydrogens is 272 g/mol. The Morgan fingerprint density at radius 2 is 2.00 bits per heavy atom. The SMILES string of the molecule is Cc1cc(CNC(=O)Cc2ccc([N+](=O)[O-])cc2)ncn1. The highest BCUT2D eigenvalue weighted by atomic mass is 16.6. The number of rotatable bonds is 5. The van der Waals surface area contributed by atoms with Gasteiger partial charge in [-0.05, 0) is 18.6 Å². The summed E-state index contributed by atoms with van der Waals surface area (Å²) in [6.45, 7) is 2.18. The maximum Gasteiger partial charge on any atom is 0.269 e. The lowest BCUT2D eigenvalue weighted by Crippen LogP contribution is -2.25. The Balaban J connectivity index is 1.88. The Morgan fingerprint density at radius 3 is 2.62 bits per heavy atom. The summed E-state index contributed by atoms with van der Waals surface area (Å²) in [6.07, 6.45) is 1.62. The number of aryl methyl sites for hydroxylation is 1. The van der Waals surface area contributed by atoms with Gasteiger partial charge in [-0.1, -0.05) is 12.1 Å². The van der Waals surface area contributed by atoms with E-state index in [2.05, 4.69) is 15.3 Å². The van der Waals surface area contributed by atoms with Gasteiger partial charge in [-0.3, -0.25) is 14.9 Å². The van der Waals surface area contributed by atoms with E-state index in [4.69, 9.17) is 0 Å². The molecule has 0 spiro atoms. The second-order valence-corrected chi connectivity index (χ2v) is 4.53. The number of hydrogen-bond donors (Lipinski definition) is 1. The quantitative estimate of drug-likeness (QED) is 0.664. The largest absolute Gasteiger partial charge is 0.350 e. The number of nitrogens with zero attached hydrogens (tertiary/aromatic N) is 3. The summed E-state index contributed by atoms with van der Waals surface area (Å²) < 4.78 is 0. The van der Waals surface area contributed by atoms with Crippen molar-refractivity contribution in [2.45, 2.75) is 19.9 Å². The van der Waals surface area contributed by atoms with Crippen LogP contribution in [0.3, 0.4) is 0 Å². The van der Waals surface area contributed by atoms with Gasteiger partial charge >= 0.3 is 0 Å². The maximum atomic E-state index is 11.8. The van der Waals surface area contributed by atoms with Gasteiger partial charge in [0.05, 0.1) is 23.6 Å². The van der Waals surface area contributed by atoms with Crippen LogP contribution < -0.4 is 5.32 Å². The van der Waals surface area contributed by atoms with Gasteiger partial charge in [-0.15, -0.1) is 0 Å². The van der Waals surface area contributed by atoms with E-state index < -0.39 is 4.92 Å². The number of nitro benzene ring substituents is 1. The molecule has 0 bridgehead atoms. The first-order chi connectivity index (χ1) is 10.0. The molecule has 1 aromatic carbocycles. The van der Waals surface area contributed by atoms with E-state index in [1.807, 2.05) is 6.92 Å². The number of nitro groups is 1. The first kappa shape index (κ1) is 14.6. The number of benzene rings is 1. The third-order valence-electron chi connectivity index (χ3n) is 2.84. The molecule has 0 aliphatic carbocycles. The van der Waals surface area contributed by atoms with E-state index in [-0.39, 0.29) is 18.0 Å². The van der Waals surface area contributed by atoms with E-state index in [9.17, 15) is 14.9 Å². The van der Waals surface area contributed by atoms with Crippen molar-refractivity contribution in [3.8, 4) is 0 Å². The Morgan fingerprint density at radius 1 is 1.29 bits per heavy atom. The number of aromatic nitrogens is 2. The number of nitrogens with one attached hydrogen (secondary N) is 1. The molecule has 1 N–H and O–H groups in total. The number of amides is 1. The van der Waals surface area contributed by atoms with Gasteiger partial charge in [0, 0.05) is 17.8 Å². The fraction of sp³-hybridized carbons (Fsp3) is 0.214. The van der Waals surface area contributed by atoms with Crippen LogP contribution in [-0.2, 0) is 17.8 Å². The highest BCUT2D eigenvalue weighted by Crippen LogP contribution is 2.12. The minimum Gasteiger partial charge on any atom is -0.350 e. The molecule has 7 heteroatoms. The predicted octanol–water partition coefficient (Wildman–Crippen LogP) is 1.55. The fourth-order valence-corrected chi connectivity index (χ4v) is 1.78. The van der Waals surface area contributed by atoms with Crippen LogP contribution >= 0.6 is 0 Å². The van der Waals surface area contributed by atoms with Gasteiger partial charge < -0.3 is 5.32 Å². The molecule has 0 atom stereocenters. The average Bonchev–Trinajstić information content (AvgIpc) is 2.46. The smallest absolute Gasteiger partial charge is 0.269 e. The van der Waals surface area contributed by atoms with Gasteiger partial charge in [0.15, 0.2) is 0 Å². The van der Waals surface area contributed by atoms with Crippen LogP contribution in [0.25, 0.3) is 0 Å². The molecule has 0 saturated carbocycles. The van der Waals surface area contributed by atoms with Gasteiger partial charge in [0.1, 0.15) is 6.33 Å². The summed E-state index contributed by atoms with van der Waals surface area (Å²) in [6, 6.07) is 7.72. The van der Waals surface area contributed by atoms with E-state index in [0.717, 1.165) is 17.0 Å². The second-order valence-electron chi connectivity index (χ2n) is 4.53. The van der Waals surface area contributed by atoms with Crippen molar-refractivity contribution in [1.29, 1.82) is 0 Å². The monoisotopic (exact) mass is 286 g/mol. The van der Waals surface area contributed by atoms with Gasteiger partial charge in [0.25, 0.3) is 5.69 Å². The number of hydrogen-bond acceptors (Lipinski definition) is 5. The van der Waals surface area contributed by atoms with Crippen LogP contribution in [0.15, 0.2) is 36.7 Å². The highest BCUT2D eigenvalue weighted by molar-refractivity contribution is 5.78. The van der Waals surface area contributed by atoms with Gasteiger partial charge in [-0.25, -0.2) is 9.97 Å². The van der Waals surface area contributed by atoms with Crippen LogP contribution in [0, 0.1) is 17.0 Å². The summed E-state index contributed by atoms with van der Waals surface area (Å²) in [5, 5.41) is 13.3. The maximum absolute atomic E-state index is 11.8. The van der Waals surface area contributed by atoms with Crippen molar-refractivity contribution in [2.24, 2.45) is 0 Å². The number of carbonyl (C=O) groups is 1. The molecule has 2 aromatic rings. The highest BCUT2D eigenvalue weighted by Gasteiger charge is 2.07. The zero-order valence-corrected chi connectivity index (χ0v) is 11.4. The number of non-ortho nitro benzene ring substituents is 1. The standard InChI is InChI=1S/C14H14N4O3/c1-10-6-12(17-9-16-10)8-15-14(19)7-11-2-4-13(5-3-11)18(20)21/h2-6,9H,7-8H2,1H3,(H,15,19). The number of carbonyl (C=O) groups excluding carboxylic acids is 1. The molecule has 7 nitrogen and oxygen atoms in total. The Hall–Kier alpha value is -2.83. The summed E-state index contributed by atoms with van der Waals surface area (Å²) in [5.74, 6) is -0.167.